The molecule has 136 valence electrons. The van der Waals surface area contributed by atoms with Crippen LogP contribution in [-0.4, -0.2) is 11.8 Å². The third-order valence-corrected chi connectivity index (χ3v) is 4.19. The van der Waals surface area contributed by atoms with Crippen LogP contribution in [0.1, 0.15) is 27.5 Å². The van der Waals surface area contributed by atoms with Gasteiger partial charge in [0, 0.05) is 5.69 Å². The van der Waals surface area contributed by atoms with Gasteiger partial charge in [0.15, 0.2) is 0 Å². The third-order valence-electron chi connectivity index (χ3n) is 4.19. The molecule has 3 rings (SSSR count). The topological polar surface area (TPSA) is 58.2 Å². The van der Waals surface area contributed by atoms with Crippen LogP contribution in [0.25, 0.3) is 0 Å². The van der Waals surface area contributed by atoms with Gasteiger partial charge in [-0.2, -0.15) is 0 Å². The number of para-hydroxylation sites is 1. The molecule has 0 aliphatic rings. The Labute approximate surface area is 157 Å². The van der Waals surface area contributed by atoms with E-state index in [1.54, 1.807) is 36.4 Å². The van der Waals surface area contributed by atoms with Crippen molar-refractivity contribution in [3.05, 3.63) is 101 Å². The highest BCUT2D eigenvalue weighted by molar-refractivity contribution is 6.02. The Balaban J connectivity index is 1.88. The van der Waals surface area contributed by atoms with Crippen molar-refractivity contribution in [2.45, 2.75) is 13.0 Å². The molecule has 0 saturated heterocycles. The summed E-state index contributed by atoms with van der Waals surface area (Å²) in [7, 11) is 0. The maximum atomic E-state index is 13.9. The van der Waals surface area contributed by atoms with Gasteiger partial charge in [-0.05, 0) is 36.2 Å². The molecule has 0 radical (unpaired) electrons. The van der Waals surface area contributed by atoms with Gasteiger partial charge in [0.25, 0.3) is 11.8 Å². The Kier molecular flexibility index (Phi) is 5.61. The molecule has 0 unspecified atom stereocenters. The van der Waals surface area contributed by atoms with Gasteiger partial charge >= 0.3 is 0 Å². The van der Waals surface area contributed by atoms with Gasteiger partial charge in [0.2, 0.25) is 0 Å². The number of aryl methyl sites for hydroxylation is 1. The highest BCUT2D eigenvalue weighted by Crippen LogP contribution is 2.19. The lowest BCUT2D eigenvalue weighted by molar-refractivity contribution is -0.118. The fourth-order valence-corrected chi connectivity index (χ4v) is 2.72. The van der Waals surface area contributed by atoms with E-state index in [1.165, 1.54) is 18.2 Å². The minimum atomic E-state index is -0.960. The zero-order valence-corrected chi connectivity index (χ0v) is 14.8. The minimum absolute atomic E-state index is 0.109. The zero-order chi connectivity index (χ0) is 19.2. The van der Waals surface area contributed by atoms with Crippen molar-refractivity contribution >= 4 is 17.5 Å². The van der Waals surface area contributed by atoms with Crippen molar-refractivity contribution in [1.82, 2.24) is 5.32 Å². The van der Waals surface area contributed by atoms with Gasteiger partial charge in [-0.1, -0.05) is 60.7 Å². The second-order valence-electron chi connectivity index (χ2n) is 6.10. The predicted octanol–water partition coefficient (Wildman–Crippen LogP) is 4.24. The number of halogens is 1. The van der Waals surface area contributed by atoms with Gasteiger partial charge in [-0.25, -0.2) is 4.39 Å². The Hall–Kier alpha value is -3.47. The van der Waals surface area contributed by atoms with Crippen LogP contribution in [0, 0.1) is 12.7 Å². The summed E-state index contributed by atoms with van der Waals surface area (Å²) in [6.07, 6.45) is 0. The van der Waals surface area contributed by atoms with Crippen molar-refractivity contribution in [3.8, 4) is 0 Å². The van der Waals surface area contributed by atoms with E-state index in [2.05, 4.69) is 10.6 Å². The highest BCUT2D eigenvalue weighted by atomic mass is 19.1. The molecule has 5 heteroatoms. The van der Waals surface area contributed by atoms with E-state index in [9.17, 15) is 14.0 Å². The van der Waals surface area contributed by atoms with Crippen molar-refractivity contribution in [2.24, 2.45) is 0 Å². The number of benzene rings is 3. The molecule has 3 aromatic carbocycles. The highest BCUT2D eigenvalue weighted by Gasteiger charge is 2.24. The quantitative estimate of drug-likeness (QED) is 0.713. The zero-order valence-electron chi connectivity index (χ0n) is 14.8. The predicted molar refractivity (Wildman–Crippen MR) is 103 cm³/mol. The van der Waals surface area contributed by atoms with Crippen LogP contribution >= 0.6 is 0 Å². The average Bonchev–Trinajstić information content (AvgIpc) is 2.68. The van der Waals surface area contributed by atoms with Crippen LogP contribution in [0.5, 0.6) is 0 Å². The van der Waals surface area contributed by atoms with E-state index in [0.717, 1.165) is 5.56 Å². The smallest absolute Gasteiger partial charge is 0.255 e. The van der Waals surface area contributed by atoms with Gasteiger partial charge in [-0.15, -0.1) is 0 Å². The summed E-state index contributed by atoms with van der Waals surface area (Å²) in [5.41, 5.74) is 2.05. The Morgan fingerprint density at radius 2 is 1.48 bits per heavy atom. The molecule has 0 saturated carbocycles. The molecule has 0 spiro atoms. The molecular formula is C22H19FN2O2. The number of anilines is 1. The number of rotatable bonds is 5. The van der Waals surface area contributed by atoms with Crippen LogP contribution in [0.2, 0.25) is 0 Å². The van der Waals surface area contributed by atoms with Crippen LogP contribution < -0.4 is 10.6 Å². The molecule has 0 fully saturated rings. The summed E-state index contributed by atoms with van der Waals surface area (Å²) in [6, 6.07) is 20.9. The summed E-state index contributed by atoms with van der Waals surface area (Å²) < 4.78 is 13.9. The van der Waals surface area contributed by atoms with E-state index < -0.39 is 23.7 Å². The van der Waals surface area contributed by atoms with Gasteiger partial charge in [-0.3, -0.25) is 9.59 Å². The fraction of sp³-hybridized carbons (Fsp3) is 0.0909. The van der Waals surface area contributed by atoms with Gasteiger partial charge < -0.3 is 10.6 Å². The molecule has 4 nitrogen and oxygen atoms in total. The molecular weight excluding hydrogens is 343 g/mol. The maximum absolute atomic E-state index is 13.9. The van der Waals surface area contributed by atoms with E-state index in [4.69, 9.17) is 0 Å². The van der Waals surface area contributed by atoms with E-state index in [0.29, 0.717) is 11.3 Å². The first kappa shape index (κ1) is 18.3. The lowest BCUT2D eigenvalue weighted by atomic mass is 10.0. The van der Waals surface area contributed by atoms with E-state index >= 15 is 0 Å². The van der Waals surface area contributed by atoms with Crippen molar-refractivity contribution < 1.29 is 14.0 Å². The monoisotopic (exact) mass is 362 g/mol. The molecule has 2 N–H and O–H groups in total. The molecule has 1 atom stereocenters. The van der Waals surface area contributed by atoms with Crippen LogP contribution in [-0.2, 0) is 4.79 Å². The second kappa shape index (κ2) is 8.27. The normalized spacial score (nSPS) is 11.5. The van der Waals surface area contributed by atoms with Crippen molar-refractivity contribution in [1.29, 1.82) is 0 Å². The summed E-state index contributed by atoms with van der Waals surface area (Å²) in [5, 5.41) is 5.47. The molecule has 0 heterocycles. The Bertz CT molecular complexity index is 957. The van der Waals surface area contributed by atoms with Gasteiger partial charge in [0.1, 0.15) is 11.9 Å². The minimum Gasteiger partial charge on any atom is -0.336 e. The summed E-state index contributed by atoms with van der Waals surface area (Å²) in [4.78, 5) is 25.4. The Morgan fingerprint density at radius 3 is 2.19 bits per heavy atom. The molecule has 3 aromatic rings. The molecule has 27 heavy (non-hydrogen) atoms. The van der Waals surface area contributed by atoms with E-state index in [1.807, 2.05) is 31.2 Å². The van der Waals surface area contributed by atoms with Crippen LogP contribution in [0.15, 0.2) is 78.9 Å². The summed E-state index contributed by atoms with van der Waals surface area (Å²) >= 11 is 0. The SMILES string of the molecule is Cc1ccccc1NC(=O)[C@H](NC(=O)c1ccccc1F)c1ccccc1. The first-order valence-electron chi connectivity index (χ1n) is 8.53. The number of carbonyl (C=O) groups excluding carboxylic acids is 2. The first-order valence-corrected chi connectivity index (χ1v) is 8.53. The fourth-order valence-electron chi connectivity index (χ4n) is 2.72. The van der Waals surface area contributed by atoms with Crippen LogP contribution in [0.3, 0.4) is 0 Å². The summed E-state index contributed by atoms with van der Waals surface area (Å²) in [6.45, 7) is 1.88. The standard InChI is InChI=1S/C22H19FN2O2/c1-15-9-5-8-14-19(15)24-22(27)20(16-10-3-2-4-11-16)25-21(26)17-12-6-7-13-18(17)23/h2-14,20H,1H3,(H,24,27)(H,25,26)/t20-/m1/s1. The summed E-state index contributed by atoms with van der Waals surface area (Å²) in [5.74, 6) is -1.69. The van der Waals surface area contributed by atoms with Crippen LogP contribution in [0.4, 0.5) is 10.1 Å². The molecule has 0 aromatic heterocycles. The average molecular weight is 362 g/mol. The van der Waals surface area contributed by atoms with Crippen molar-refractivity contribution in [3.63, 3.8) is 0 Å². The number of hydrogen-bond donors (Lipinski definition) is 2. The first-order chi connectivity index (χ1) is 13.1. The van der Waals surface area contributed by atoms with Gasteiger partial charge in [0.05, 0.1) is 5.56 Å². The maximum Gasteiger partial charge on any atom is 0.255 e. The Morgan fingerprint density at radius 1 is 0.852 bits per heavy atom. The molecule has 0 bridgehead atoms. The molecule has 0 aliphatic heterocycles. The lowest BCUT2D eigenvalue weighted by Gasteiger charge is -2.20. The number of hydrogen-bond acceptors (Lipinski definition) is 2. The number of nitrogens with one attached hydrogen (secondary N) is 2. The lowest BCUT2D eigenvalue weighted by Crippen LogP contribution is -2.37. The van der Waals surface area contributed by atoms with E-state index in [-0.39, 0.29) is 5.56 Å². The van der Waals surface area contributed by atoms with Crippen molar-refractivity contribution in [2.75, 3.05) is 5.32 Å². The second-order valence-corrected chi connectivity index (χ2v) is 6.10. The third kappa shape index (κ3) is 4.39. The number of carbonyl (C=O) groups is 2. The molecule has 2 amide bonds. The largest absolute Gasteiger partial charge is 0.336 e. The number of amides is 2. The molecule has 0 aliphatic carbocycles.